The van der Waals surface area contributed by atoms with Gasteiger partial charge in [-0.25, -0.2) is 4.79 Å². The second kappa shape index (κ2) is 9.49. The molecule has 34 heavy (non-hydrogen) atoms. The van der Waals surface area contributed by atoms with E-state index in [2.05, 4.69) is 29.2 Å². The Bertz CT molecular complexity index is 1060. The molecule has 3 saturated heterocycles. The van der Waals surface area contributed by atoms with Crippen LogP contribution in [0.15, 0.2) is 42.5 Å². The van der Waals surface area contributed by atoms with Gasteiger partial charge in [0.15, 0.2) is 0 Å². The minimum atomic E-state index is -0.487. The average molecular weight is 484 g/mol. The van der Waals surface area contributed by atoms with Crippen LogP contribution in [0.1, 0.15) is 50.4 Å². The third-order valence-corrected chi connectivity index (χ3v) is 6.85. The highest BCUT2D eigenvalue weighted by Crippen LogP contribution is 2.34. The smallest absolute Gasteiger partial charge is 0.410 e. The van der Waals surface area contributed by atoms with Crippen LogP contribution in [0.4, 0.5) is 10.5 Å². The topological polar surface area (TPSA) is 53.1 Å². The number of piperazine rings is 1. The first-order valence-corrected chi connectivity index (χ1v) is 12.3. The van der Waals surface area contributed by atoms with Gasteiger partial charge >= 0.3 is 6.09 Å². The van der Waals surface area contributed by atoms with E-state index in [9.17, 15) is 9.59 Å². The monoisotopic (exact) mass is 483 g/mol. The van der Waals surface area contributed by atoms with Gasteiger partial charge in [-0.1, -0.05) is 29.8 Å². The number of amides is 2. The molecule has 2 bridgehead atoms. The number of hydrogen-bond donors (Lipinski definition) is 0. The second-order valence-corrected chi connectivity index (χ2v) is 10.9. The number of benzene rings is 2. The lowest BCUT2D eigenvalue weighted by atomic mass is 10.0. The molecular formula is C27H34ClN3O3. The van der Waals surface area contributed by atoms with Gasteiger partial charge in [0, 0.05) is 38.9 Å². The summed E-state index contributed by atoms with van der Waals surface area (Å²) in [6.45, 7) is 7.25. The van der Waals surface area contributed by atoms with Crippen LogP contribution in [0, 0.1) is 0 Å². The number of carbonyl (C=O) groups is 2. The van der Waals surface area contributed by atoms with Crippen LogP contribution >= 0.6 is 11.6 Å². The number of halogens is 1. The molecule has 182 valence electrons. The van der Waals surface area contributed by atoms with E-state index in [0.29, 0.717) is 17.1 Å². The van der Waals surface area contributed by atoms with E-state index in [-0.39, 0.29) is 24.1 Å². The molecule has 2 atom stereocenters. The van der Waals surface area contributed by atoms with E-state index in [1.54, 1.807) is 20.2 Å². The summed E-state index contributed by atoms with van der Waals surface area (Å²) in [4.78, 5) is 30.9. The van der Waals surface area contributed by atoms with Gasteiger partial charge in [0.25, 0.3) is 5.91 Å². The Labute approximate surface area is 207 Å². The Morgan fingerprint density at radius 1 is 0.971 bits per heavy atom. The summed E-state index contributed by atoms with van der Waals surface area (Å²) in [5, 5.41) is 0.451. The maximum Gasteiger partial charge on any atom is 0.410 e. The van der Waals surface area contributed by atoms with Crippen molar-refractivity contribution in [3.63, 3.8) is 0 Å². The Hall–Kier alpha value is -2.73. The fourth-order valence-electron chi connectivity index (χ4n) is 4.85. The third kappa shape index (κ3) is 5.17. The van der Waals surface area contributed by atoms with Crippen molar-refractivity contribution in [3.05, 3.63) is 53.1 Å². The molecule has 2 amide bonds. The minimum absolute atomic E-state index is 0.108. The molecule has 0 N–H and O–H groups in total. The zero-order chi connectivity index (χ0) is 24.6. The number of carbonyl (C=O) groups excluding carboxylic acids is 2. The molecule has 7 heteroatoms. The van der Waals surface area contributed by atoms with Gasteiger partial charge in [-0.05, 0) is 75.4 Å². The number of anilines is 1. The molecule has 2 aromatic rings. The van der Waals surface area contributed by atoms with E-state index in [1.165, 1.54) is 4.90 Å². The van der Waals surface area contributed by atoms with E-state index < -0.39 is 5.60 Å². The number of hydrogen-bond acceptors (Lipinski definition) is 4. The SMILES string of the molecule is CN(C)C(=O)c1ccc(-c2ccc(N3CC4CCCC3CN4C(=O)OC(C)(C)C)cc2)cc1Cl. The molecule has 0 radical (unpaired) electrons. The predicted molar refractivity (Wildman–Crippen MR) is 137 cm³/mol. The summed E-state index contributed by atoms with van der Waals surface area (Å²) in [5.74, 6) is -0.108. The van der Waals surface area contributed by atoms with Gasteiger partial charge in [-0.3, -0.25) is 4.79 Å². The number of nitrogens with zero attached hydrogens (tertiary/aromatic N) is 3. The van der Waals surface area contributed by atoms with Crippen LogP contribution in [0.25, 0.3) is 11.1 Å². The first-order valence-electron chi connectivity index (χ1n) is 11.9. The number of rotatable bonds is 3. The summed E-state index contributed by atoms with van der Waals surface area (Å²) in [5.41, 5.74) is 3.20. The van der Waals surface area contributed by atoms with Crippen molar-refractivity contribution in [2.45, 2.75) is 57.7 Å². The summed E-state index contributed by atoms with van der Waals surface area (Å²) in [6, 6.07) is 14.5. The van der Waals surface area contributed by atoms with Crippen molar-refractivity contribution in [2.24, 2.45) is 0 Å². The van der Waals surface area contributed by atoms with Crippen molar-refractivity contribution >= 4 is 29.3 Å². The lowest BCUT2D eigenvalue weighted by molar-refractivity contribution is 0.0124. The van der Waals surface area contributed by atoms with Gasteiger partial charge in [0.1, 0.15) is 5.60 Å². The van der Waals surface area contributed by atoms with Crippen molar-refractivity contribution in [2.75, 3.05) is 32.1 Å². The normalized spacial score (nSPS) is 20.2. The van der Waals surface area contributed by atoms with Crippen molar-refractivity contribution in [1.82, 2.24) is 9.80 Å². The maximum absolute atomic E-state index is 12.8. The van der Waals surface area contributed by atoms with Gasteiger partial charge in [-0.15, -0.1) is 0 Å². The summed E-state index contributed by atoms with van der Waals surface area (Å²) in [7, 11) is 3.43. The largest absolute Gasteiger partial charge is 0.444 e. The lowest BCUT2D eigenvalue weighted by Crippen LogP contribution is -2.59. The zero-order valence-electron chi connectivity index (χ0n) is 20.7. The zero-order valence-corrected chi connectivity index (χ0v) is 21.4. The molecule has 0 saturated carbocycles. The van der Waals surface area contributed by atoms with Crippen LogP contribution in [-0.4, -0.2) is 66.7 Å². The molecule has 0 aliphatic carbocycles. The summed E-state index contributed by atoms with van der Waals surface area (Å²) in [6.07, 6.45) is 2.97. The van der Waals surface area contributed by atoms with Gasteiger partial charge < -0.3 is 19.4 Å². The molecule has 0 spiro atoms. The molecule has 3 heterocycles. The average Bonchev–Trinajstić information content (AvgIpc) is 3.11. The molecule has 5 rings (SSSR count). The molecular weight excluding hydrogens is 450 g/mol. The standard InChI is InChI=1S/C27H34ClN3O3/c1-27(2,3)34-26(33)31-17-21-7-6-8-22(31)16-30(21)20-12-9-18(10-13-20)19-11-14-23(24(28)15-19)25(32)29(4)5/h9-15,21-22H,6-8,16-17H2,1-5H3. The first kappa shape index (κ1) is 24.4. The molecule has 0 aromatic heterocycles. The van der Waals surface area contributed by atoms with E-state index in [4.69, 9.17) is 16.3 Å². The highest BCUT2D eigenvalue weighted by Gasteiger charge is 2.40. The number of ether oxygens (including phenoxy) is 1. The van der Waals surface area contributed by atoms with Gasteiger partial charge in [-0.2, -0.15) is 0 Å². The van der Waals surface area contributed by atoms with Crippen molar-refractivity contribution in [3.8, 4) is 11.1 Å². The van der Waals surface area contributed by atoms with E-state index >= 15 is 0 Å². The van der Waals surface area contributed by atoms with E-state index in [0.717, 1.165) is 42.6 Å². The van der Waals surface area contributed by atoms with Crippen LogP contribution in [-0.2, 0) is 4.74 Å². The Morgan fingerprint density at radius 2 is 1.62 bits per heavy atom. The Balaban J connectivity index is 1.50. The minimum Gasteiger partial charge on any atom is -0.444 e. The van der Waals surface area contributed by atoms with Crippen molar-refractivity contribution in [1.29, 1.82) is 0 Å². The molecule has 2 unspecified atom stereocenters. The third-order valence-electron chi connectivity index (χ3n) is 6.54. The summed E-state index contributed by atoms with van der Waals surface area (Å²) < 4.78 is 5.67. The molecule has 3 fully saturated rings. The van der Waals surface area contributed by atoms with Crippen molar-refractivity contribution < 1.29 is 14.3 Å². The molecule has 2 aromatic carbocycles. The quantitative estimate of drug-likeness (QED) is 0.563. The Morgan fingerprint density at radius 3 is 2.24 bits per heavy atom. The molecule has 3 aliphatic rings. The fourth-order valence-corrected chi connectivity index (χ4v) is 5.11. The fraction of sp³-hybridized carbons (Fsp3) is 0.481. The lowest BCUT2D eigenvalue weighted by Gasteiger charge is -2.45. The van der Waals surface area contributed by atoms with Crippen LogP contribution in [0.2, 0.25) is 5.02 Å². The predicted octanol–water partition coefficient (Wildman–Crippen LogP) is 5.69. The number of fused-ring (bicyclic) bond motifs is 4. The summed E-state index contributed by atoms with van der Waals surface area (Å²) >= 11 is 6.41. The second-order valence-electron chi connectivity index (χ2n) is 10.5. The molecule has 6 nitrogen and oxygen atoms in total. The van der Waals surface area contributed by atoms with Gasteiger partial charge in [0.2, 0.25) is 0 Å². The molecule has 3 aliphatic heterocycles. The first-order chi connectivity index (χ1) is 16.0. The van der Waals surface area contributed by atoms with Crippen LogP contribution < -0.4 is 4.90 Å². The highest BCUT2D eigenvalue weighted by atomic mass is 35.5. The van der Waals surface area contributed by atoms with Gasteiger partial charge in [0.05, 0.1) is 16.6 Å². The van der Waals surface area contributed by atoms with Crippen LogP contribution in [0.3, 0.4) is 0 Å². The van der Waals surface area contributed by atoms with E-state index in [1.807, 2.05) is 37.8 Å². The van der Waals surface area contributed by atoms with Crippen LogP contribution in [0.5, 0.6) is 0 Å². The Kier molecular flexibility index (Phi) is 6.81. The highest BCUT2D eigenvalue weighted by molar-refractivity contribution is 6.34. The maximum atomic E-state index is 12.8.